The van der Waals surface area contributed by atoms with Crippen LogP contribution in [0.2, 0.25) is 5.02 Å². The van der Waals surface area contributed by atoms with E-state index < -0.39 is 29.8 Å². The van der Waals surface area contributed by atoms with Crippen molar-refractivity contribution in [1.29, 1.82) is 0 Å². The number of rotatable bonds is 2. The Labute approximate surface area is 185 Å². The highest BCUT2D eigenvalue weighted by atomic mass is 35.5. The summed E-state index contributed by atoms with van der Waals surface area (Å²) in [7, 11) is 1.47. The third-order valence-corrected chi connectivity index (χ3v) is 6.15. The molecule has 4 rings (SSSR count). The van der Waals surface area contributed by atoms with Crippen LogP contribution in [0, 0.1) is 0 Å². The first-order chi connectivity index (χ1) is 15.0. The lowest BCUT2D eigenvalue weighted by atomic mass is 9.73. The van der Waals surface area contributed by atoms with Crippen LogP contribution in [-0.4, -0.2) is 31.8 Å². The van der Waals surface area contributed by atoms with Gasteiger partial charge in [0.2, 0.25) is 0 Å². The fraction of sp³-hybridized carbons (Fsp3) is 0.273. The van der Waals surface area contributed by atoms with Gasteiger partial charge in [-0.1, -0.05) is 23.7 Å². The van der Waals surface area contributed by atoms with Crippen molar-refractivity contribution in [2.75, 3.05) is 5.32 Å². The van der Waals surface area contributed by atoms with Gasteiger partial charge in [-0.15, -0.1) is 0 Å². The van der Waals surface area contributed by atoms with E-state index in [0.717, 1.165) is 4.68 Å². The molecule has 0 saturated heterocycles. The van der Waals surface area contributed by atoms with Gasteiger partial charge in [0.15, 0.2) is 5.60 Å². The monoisotopic (exact) mass is 465 g/mol. The van der Waals surface area contributed by atoms with Crippen LogP contribution < -0.4 is 10.9 Å². The standard InChI is InChI=1S/C22H19ClF3N3O3/c1-3-11-9-21(32,22(24,25)26)19(14-7-16(23)18(30)8-13(11)14)28-17-6-4-5-12-15(17)10-27-29(2)20(12)31/h3-8,10,19,28,30,32H,9H2,1-2H3/b11-3+/t19-,21-/m1/s1. The normalized spacial score (nSPS) is 22.2. The van der Waals surface area contributed by atoms with E-state index in [1.165, 1.54) is 43.6 Å². The zero-order chi connectivity index (χ0) is 23.4. The molecule has 3 N–H and O–H groups in total. The second-order valence-corrected chi connectivity index (χ2v) is 8.13. The molecule has 0 radical (unpaired) electrons. The first-order valence-corrected chi connectivity index (χ1v) is 10.0. The first kappa shape index (κ1) is 22.2. The zero-order valence-electron chi connectivity index (χ0n) is 17.0. The number of hydrogen-bond acceptors (Lipinski definition) is 5. The van der Waals surface area contributed by atoms with Gasteiger partial charge in [-0.2, -0.15) is 18.3 Å². The first-order valence-electron chi connectivity index (χ1n) is 9.66. The number of alkyl halides is 3. The highest BCUT2D eigenvalue weighted by Gasteiger charge is 2.61. The topological polar surface area (TPSA) is 87.4 Å². The molecule has 0 fully saturated rings. The van der Waals surface area contributed by atoms with E-state index >= 15 is 0 Å². The number of aromatic hydroxyl groups is 1. The molecule has 0 amide bonds. The number of phenolic OH excluding ortho intramolecular Hbond substituents is 1. The summed E-state index contributed by atoms with van der Waals surface area (Å²) in [6.07, 6.45) is -2.90. The summed E-state index contributed by atoms with van der Waals surface area (Å²) in [6, 6.07) is 5.41. The van der Waals surface area contributed by atoms with Gasteiger partial charge in [0.1, 0.15) is 5.75 Å². The fourth-order valence-electron chi connectivity index (χ4n) is 4.10. The SMILES string of the molecule is C/C=C1\C[C@](O)(C(F)(F)F)[C@H](Nc2cccc3c(=O)n(C)ncc23)c2cc(Cl)c(O)cc21. The molecule has 2 atom stereocenters. The zero-order valence-corrected chi connectivity index (χ0v) is 17.8. The Morgan fingerprint density at radius 2 is 2.03 bits per heavy atom. The van der Waals surface area contributed by atoms with Crippen molar-refractivity contribution in [1.82, 2.24) is 9.78 Å². The largest absolute Gasteiger partial charge is 0.506 e. The van der Waals surface area contributed by atoms with Crippen molar-refractivity contribution in [3.63, 3.8) is 0 Å². The number of aryl methyl sites for hydroxylation is 1. The number of halogens is 4. The van der Waals surface area contributed by atoms with Crippen LogP contribution in [0.25, 0.3) is 16.3 Å². The number of nitrogens with one attached hydrogen (secondary N) is 1. The van der Waals surface area contributed by atoms with Gasteiger partial charge >= 0.3 is 6.18 Å². The molecule has 0 unspecified atom stereocenters. The summed E-state index contributed by atoms with van der Waals surface area (Å²) in [5.74, 6) is -0.279. The lowest BCUT2D eigenvalue weighted by Gasteiger charge is -2.44. The highest BCUT2D eigenvalue weighted by molar-refractivity contribution is 6.32. The Bertz CT molecular complexity index is 1320. The summed E-state index contributed by atoms with van der Waals surface area (Å²) >= 11 is 6.03. The molecular weight excluding hydrogens is 447 g/mol. The molecule has 10 heteroatoms. The van der Waals surface area contributed by atoms with Crippen LogP contribution in [0.15, 0.2) is 47.4 Å². The maximum absolute atomic E-state index is 14.2. The number of phenols is 1. The van der Waals surface area contributed by atoms with Crippen LogP contribution >= 0.6 is 11.6 Å². The summed E-state index contributed by atoms with van der Waals surface area (Å²) in [5, 5.41) is 28.2. The number of allylic oxidation sites excluding steroid dienone is 1. The quantitative estimate of drug-likeness (QED) is 0.517. The molecule has 3 aromatic rings. The van der Waals surface area contributed by atoms with E-state index in [4.69, 9.17) is 11.6 Å². The number of fused-ring (bicyclic) bond motifs is 2. The van der Waals surface area contributed by atoms with Crippen molar-refractivity contribution in [2.45, 2.75) is 31.2 Å². The van der Waals surface area contributed by atoms with Crippen LogP contribution in [0.3, 0.4) is 0 Å². The smallest absolute Gasteiger partial charge is 0.419 e. The van der Waals surface area contributed by atoms with E-state index in [1.54, 1.807) is 13.0 Å². The minimum atomic E-state index is -5.00. The van der Waals surface area contributed by atoms with Crippen molar-refractivity contribution < 1.29 is 23.4 Å². The Kier molecular flexibility index (Phi) is 5.21. The summed E-state index contributed by atoms with van der Waals surface area (Å²) in [6.45, 7) is 1.56. The molecule has 0 spiro atoms. The van der Waals surface area contributed by atoms with E-state index in [0.29, 0.717) is 10.9 Å². The van der Waals surface area contributed by atoms with Crippen molar-refractivity contribution in [3.05, 3.63) is 69.1 Å². The van der Waals surface area contributed by atoms with E-state index in [-0.39, 0.29) is 33.0 Å². The highest BCUT2D eigenvalue weighted by Crippen LogP contribution is 2.53. The minimum absolute atomic E-state index is 0.0702. The predicted octanol–water partition coefficient (Wildman–Crippen LogP) is 4.55. The second-order valence-electron chi connectivity index (χ2n) is 7.72. The maximum Gasteiger partial charge on any atom is 0.419 e. The van der Waals surface area contributed by atoms with E-state index in [1.807, 2.05) is 0 Å². The van der Waals surface area contributed by atoms with Gasteiger partial charge in [0.05, 0.1) is 22.6 Å². The molecule has 0 bridgehead atoms. The van der Waals surface area contributed by atoms with Crippen LogP contribution in [-0.2, 0) is 7.05 Å². The molecule has 0 aliphatic heterocycles. The van der Waals surface area contributed by atoms with Gasteiger partial charge in [-0.3, -0.25) is 4.79 Å². The molecule has 168 valence electrons. The Morgan fingerprint density at radius 3 is 2.69 bits per heavy atom. The molecule has 1 aromatic heterocycles. The fourth-order valence-corrected chi connectivity index (χ4v) is 4.27. The molecule has 1 heterocycles. The Morgan fingerprint density at radius 1 is 1.31 bits per heavy atom. The third kappa shape index (κ3) is 3.32. The second kappa shape index (κ2) is 7.53. The average Bonchev–Trinajstić information content (AvgIpc) is 2.73. The van der Waals surface area contributed by atoms with Crippen LogP contribution in [0.4, 0.5) is 18.9 Å². The van der Waals surface area contributed by atoms with E-state index in [2.05, 4.69) is 10.4 Å². The number of nitrogens with zero attached hydrogens (tertiary/aromatic N) is 2. The minimum Gasteiger partial charge on any atom is -0.506 e. The van der Waals surface area contributed by atoms with Crippen molar-refractivity contribution in [2.24, 2.45) is 7.05 Å². The number of anilines is 1. The summed E-state index contributed by atoms with van der Waals surface area (Å²) < 4.78 is 43.8. The number of hydrogen-bond donors (Lipinski definition) is 3. The van der Waals surface area contributed by atoms with Crippen LogP contribution in [0.1, 0.15) is 30.5 Å². The Balaban J connectivity index is 1.97. The molecule has 6 nitrogen and oxygen atoms in total. The van der Waals surface area contributed by atoms with Gasteiger partial charge < -0.3 is 15.5 Å². The van der Waals surface area contributed by atoms with Gasteiger partial charge in [-0.25, -0.2) is 4.68 Å². The van der Waals surface area contributed by atoms with Gasteiger partial charge in [-0.05, 0) is 47.9 Å². The van der Waals surface area contributed by atoms with Crippen molar-refractivity contribution >= 4 is 33.6 Å². The van der Waals surface area contributed by atoms with Gasteiger partial charge in [0.25, 0.3) is 5.56 Å². The molecule has 2 aromatic carbocycles. The number of aliphatic hydroxyl groups is 1. The summed E-state index contributed by atoms with van der Waals surface area (Å²) in [5.41, 5.74) is -2.77. The van der Waals surface area contributed by atoms with Gasteiger partial charge in [0, 0.05) is 24.5 Å². The predicted molar refractivity (Wildman–Crippen MR) is 116 cm³/mol. The number of aromatic nitrogens is 2. The lowest BCUT2D eigenvalue weighted by molar-refractivity contribution is -0.265. The molecular formula is C22H19ClF3N3O3. The molecule has 32 heavy (non-hydrogen) atoms. The Hall–Kier alpha value is -3.04. The maximum atomic E-state index is 14.2. The summed E-state index contributed by atoms with van der Waals surface area (Å²) in [4.78, 5) is 12.4. The van der Waals surface area contributed by atoms with Crippen molar-refractivity contribution in [3.8, 4) is 5.75 Å². The van der Waals surface area contributed by atoms with Crippen LogP contribution in [0.5, 0.6) is 5.75 Å². The lowest BCUT2D eigenvalue weighted by Crippen LogP contribution is -2.54. The molecule has 1 aliphatic rings. The molecule has 1 aliphatic carbocycles. The molecule has 0 saturated carbocycles. The number of benzene rings is 2. The third-order valence-electron chi connectivity index (χ3n) is 5.84. The van der Waals surface area contributed by atoms with E-state index in [9.17, 15) is 28.2 Å². The average molecular weight is 466 g/mol.